The summed E-state index contributed by atoms with van der Waals surface area (Å²) in [7, 11) is -0.786. The maximum absolute atomic E-state index is 12.1. The number of carbonyl (C=O) groups excluding carboxylic acids is 3. The lowest BCUT2D eigenvalue weighted by molar-refractivity contribution is -0.156. The molecular formula is C20H36O6Si. The third kappa shape index (κ3) is 11.1. The van der Waals surface area contributed by atoms with Crippen molar-refractivity contribution in [2.24, 2.45) is 0 Å². The average Bonchev–Trinajstić information content (AvgIpc) is 2.46. The lowest BCUT2D eigenvalue weighted by atomic mass is 10.1. The number of hydrogen-bond acceptors (Lipinski definition) is 6. The Morgan fingerprint density at radius 3 is 2.04 bits per heavy atom. The maximum atomic E-state index is 12.1. The molecule has 27 heavy (non-hydrogen) atoms. The molecule has 0 heterocycles. The number of Topliss-reactive ketones (excluding diaryl/α,β-unsaturated/α-hetero) is 1. The van der Waals surface area contributed by atoms with E-state index in [0.29, 0.717) is 6.42 Å². The third-order valence-corrected chi connectivity index (χ3v) is 8.87. The summed E-state index contributed by atoms with van der Waals surface area (Å²) in [5, 5.41) is -0.00905. The first-order valence-corrected chi connectivity index (χ1v) is 12.2. The van der Waals surface area contributed by atoms with Crippen molar-refractivity contribution in [3.63, 3.8) is 0 Å². The van der Waals surface area contributed by atoms with Crippen LogP contribution in [0.3, 0.4) is 0 Å². The first kappa shape index (κ1) is 25.5. The summed E-state index contributed by atoms with van der Waals surface area (Å²) in [6.07, 6.45) is 2.85. The molecule has 0 aromatic heterocycles. The highest BCUT2D eigenvalue weighted by Crippen LogP contribution is 2.37. The molecule has 0 aliphatic carbocycles. The molecule has 0 fully saturated rings. The smallest absolute Gasteiger partial charge is 0.330 e. The average molecular weight is 401 g/mol. The Bertz CT molecular complexity index is 552. The summed E-state index contributed by atoms with van der Waals surface area (Å²) in [4.78, 5) is 35.3. The summed E-state index contributed by atoms with van der Waals surface area (Å²) in [6, 6.07) is 0. The van der Waals surface area contributed by atoms with Crippen LogP contribution in [0.1, 0.15) is 60.8 Å². The molecule has 6 nitrogen and oxygen atoms in total. The molecule has 0 aliphatic rings. The molecule has 0 aliphatic heterocycles. The van der Waals surface area contributed by atoms with E-state index in [1.54, 1.807) is 26.8 Å². The Morgan fingerprint density at radius 2 is 1.59 bits per heavy atom. The van der Waals surface area contributed by atoms with E-state index in [0.717, 1.165) is 0 Å². The van der Waals surface area contributed by atoms with E-state index >= 15 is 0 Å². The van der Waals surface area contributed by atoms with E-state index in [9.17, 15) is 14.4 Å². The SMILES string of the molecule is COC(=O)/C=C\C(CCC(=O)CC(=O)OC(C)(C)C)O[Si](C)(C)C(C)(C)C. The minimum Gasteiger partial charge on any atom is -0.466 e. The summed E-state index contributed by atoms with van der Waals surface area (Å²) < 4.78 is 16.1. The zero-order valence-electron chi connectivity index (χ0n) is 18.3. The maximum Gasteiger partial charge on any atom is 0.330 e. The van der Waals surface area contributed by atoms with Gasteiger partial charge in [-0.3, -0.25) is 9.59 Å². The molecule has 0 bridgehead atoms. The van der Waals surface area contributed by atoms with Gasteiger partial charge in [-0.15, -0.1) is 0 Å². The Labute approximate surface area is 164 Å². The quantitative estimate of drug-likeness (QED) is 0.250. The fourth-order valence-corrected chi connectivity index (χ4v) is 3.24. The van der Waals surface area contributed by atoms with Crippen LogP contribution >= 0.6 is 0 Å². The molecule has 0 saturated heterocycles. The highest BCUT2D eigenvalue weighted by atomic mass is 28.4. The van der Waals surface area contributed by atoms with Crippen molar-refractivity contribution in [1.29, 1.82) is 0 Å². The first-order valence-electron chi connectivity index (χ1n) is 9.25. The molecule has 156 valence electrons. The second-order valence-electron chi connectivity index (χ2n) is 9.14. The van der Waals surface area contributed by atoms with E-state index in [-0.39, 0.29) is 23.7 Å². The van der Waals surface area contributed by atoms with E-state index in [4.69, 9.17) is 9.16 Å². The minimum atomic E-state index is -2.09. The summed E-state index contributed by atoms with van der Waals surface area (Å²) in [5.74, 6) is -1.21. The Hall–Kier alpha value is -1.47. The molecule has 0 spiro atoms. The molecule has 1 unspecified atom stereocenters. The van der Waals surface area contributed by atoms with E-state index < -0.39 is 32.0 Å². The van der Waals surface area contributed by atoms with Gasteiger partial charge >= 0.3 is 11.9 Å². The third-order valence-electron chi connectivity index (χ3n) is 4.37. The molecule has 0 aromatic rings. The Morgan fingerprint density at radius 1 is 1.04 bits per heavy atom. The van der Waals surface area contributed by atoms with Gasteiger partial charge in [0.05, 0.1) is 13.2 Å². The van der Waals surface area contributed by atoms with Crippen molar-refractivity contribution in [3.05, 3.63) is 12.2 Å². The van der Waals surface area contributed by atoms with Crippen molar-refractivity contribution in [2.75, 3.05) is 7.11 Å². The number of methoxy groups -OCH3 is 1. The molecule has 7 heteroatoms. The molecule has 0 N–H and O–H groups in total. The van der Waals surface area contributed by atoms with E-state index in [2.05, 4.69) is 38.6 Å². The van der Waals surface area contributed by atoms with E-state index in [1.165, 1.54) is 13.2 Å². The predicted molar refractivity (Wildman–Crippen MR) is 108 cm³/mol. The van der Waals surface area contributed by atoms with Crippen molar-refractivity contribution in [1.82, 2.24) is 0 Å². The Kier molecular flexibility index (Phi) is 9.62. The van der Waals surface area contributed by atoms with Crippen molar-refractivity contribution in [3.8, 4) is 0 Å². The van der Waals surface area contributed by atoms with Gasteiger partial charge in [-0.2, -0.15) is 0 Å². The second kappa shape index (κ2) is 10.2. The van der Waals surface area contributed by atoms with Gasteiger partial charge in [0, 0.05) is 12.5 Å². The van der Waals surface area contributed by atoms with Crippen LogP contribution in [-0.4, -0.2) is 44.9 Å². The van der Waals surface area contributed by atoms with Crippen LogP contribution < -0.4 is 0 Å². The predicted octanol–water partition coefficient (Wildman–Crippen LogP) is 4.19. The van der Waals surface area contributed by atoms with Crippen molar-refractivity contribution < 1.29 is 28.3 Å². The van der Waals surface area contributed by atoms with Crippen LogP contribution in [0.5, 0.6) is 0 Å². The minimum absolute atomic E-state index is 0.00905. The van der Waals surface area contributed by atoms with Gasteiger partial charge < -0.3 is 13.9 Å². The fraction of sp³-hybridized carbons (Fsp3) is 0.750. The largest absolute Gasteiger partial charge is 0.466 e. The molecule has 1 atom stereocenters. The van der Waals surface area contributed by atoms with Crippen LogP contribution in [0, 0.1) is 0 Å². The monoisotopic (exact) mass is 400 g/mol. The van der Waals surface area contributed by atoms with Gasteiger partial charge in [-0.25, -0.2) is 4.79 Å². The van der Waals surface area contributed by atoms with Crippen LogP contribution in [0.15, 0.2) is 12.2 Å². The standard InChI is InChI=1S/C20H36O6Si/c1-19(2,3)25-18(23)14-15(21)10-11-16(12-13-17(22)24-7)26-27(8,9)20(4,5)6/h12-13,16H,10-11,14H2,1-9H3/b13-12-. The van der Waals surface area contributed by atoms with Crippen LogP contribution in [-0.2, 0) is 28.3 Å². The van der Waals surface area contributed by atoms with Gasteiger partial charge in [0.25, 0.3) is 0 Å². The van der Waals surface area contributed by atoms with Crippen molar-refractivity contribution >= 4 is 26.0 Å². The highest BCUT2D eigenvalue weighted by molar-refractivity contribution is 6.74. The molecule has 0 amide bonds. The summed E-state index contributed by atoms with van der Waals surface area (Å²) in [5.41, 5.74) is -0.616. The first-order chi connectivity index (χ1) is 12.1. The van der Waals surface area contributed by atoms with Crippen LogP contribution in [0.2, 0.25) is 18.1 Å². The van der Waals surface area contributed by atoms with Gasteiger partial charge in [0.2, 0.25) is 0 Å². The molecule has 0 radical (unpaired) electrons. The molecule has 0 rings (SSSR count). The number of ketones is 1. The normalized spacial score (nSPS) is 14.1. The number of carbonyl (C=O) groups is 3. The molecular weight excluding hydrogens is 364 g/mol. The summed E-state index contributed by atoms with van der Waals surface area (Å²) >= 11 is 0. The molecule has 0 saturated carbocycles. The van der Waals surface area contributed by atoms with Gasteiger partial charge in [-0.05, 0) is 51.4 Å². The topological polar surface area (TPSA) is 78.9 Å². The van der Waals surface area contributed by atoms with Gasteiger partial charge in [-0.1, -0.05) is 20.8 Å². The summed E-state index contributed by atoms with van der Waals surface area (Å²) in [6.45, 7) is 15.8. The van der Waals surface area contributed by atoms with Crippen molar-refractivity contribution in [2.45, 2.75) is 90.6 Å². The lowest BCUT2D eigenvalue weighted by Gasteiger charge is -2.38. The number of rotatable bonds is 9. The number of esters is 2. The van der Waals surface area contributed by atoms with Gasteiger partial charge in [0.15, 0.2) is 8.32 Å². The van der Waals surface area contributed by atoms with Gasteiger partial charge in [0.1, 0.15) is 17.8 Å². The lowest BCUT2D eigenvalue weighted by Crippen LogP contribution is -2.43. The second-order valence-corrected chi connectivity index (χ2v) is 13.9. The zero-order valence-corrected chi connectivity index (χ0v) is 19.3. The number of hydrogen-bond donors (Lipinski definition) is 0. The zero-order chi connectivity index (χ0) is 21.5. The fourth-order valence-electron chi connectivity index (χ4n) is 1.93. The van der Waals surface area contributed by atoms with Crippen LogP contribution in [0.4, 0.5) is 0 Å². The highest BCUT2D eigenvalue weighted by Gasteiger charge is 2.38. The van der Waals surface area contributed by atoms with E-state index in [1.807, 2.05) is 0 Å². The number of ether oxygens (including phenoxy) is 2. The molecule has 0 aromatic carbocycles. The Balaban J connectivity index is 4.95. The van der Waals surface area contributed by atoms with Crippen LogP contribution in [0.25, 0.3) is 0 Å².